The highest BCUT2D eigenvalue weighted by Crippen LogP contribution is 2.03. The number of rotatable bonds is 4. The van der Waals surface area contributed by atoms with Crippen LogP contribution in [0.3, 0.4) is 0 Å². The van der Waals surface area contributed by atoms with E-state index in [1.807, 2.05) is 6.20 Å². The monoisotopic (exact) mass is 141 g/mol. The molecule has 0 aromatic heterocycles. The van der Waals surface area contributed by atoms with Crippen LogP contribution in [0.2, 0.25) is 0 Å². The fraction of sp³-hybridized carbons (Fsp3) is 0.750. The highest BCUT2D eigenvalue weighted by molar-refractivity contribution is 4.79. The molecule has 0 amide bonds. The number of nitrogens with zero attached hydrogens (tertiary/aromatic N) is 1. The van der Waals surface area contributed by atoms with E-state index in [9.17, 15) is 0 Å². The second kappa shape index (κ2) is 4.20. The maximum absolute atomic E-state index is 5.03. The molecule has 0 aliphatic carbocycles. The van der Waals surface area contributed by atoms with Gasteiger partial charge in [0.15, 0.2) is 6.73 Å². The van der Waals surface area contributed by atoms with Gasteiger partial charge in [0, 0.05) is 12.7 Å². The number of unbranched alkanes of at least 4 members (excludes halogenated alkanes) is 2. The van der Waals surface area contributed by atoms with Crippen LogP contribution in [-0.2, 0) is 4.74 Å². The van der Waals surface area contributed by atoms with E-state index in [-0.39, 0.29) is 0 Å². The Morgan fingerprint density at radius 1 is 1.50 bits per heavy atom. The van der Waals surface area contributed by atoms with Crippen molar-refractivity contribution in [3.63, 3.8) is 0 Å². The van der Waals surface area contributed by atoms with Crippen molar-refractivity contribution in [2.75, 3.05) is 13.3 Å². The zero-order chi connectivity index (χ0) is 7.23. The van der Waals surface area contributed by atoms with Crippen molar-refractivity contribution in [2.45, 2.75) is 26.2 Å². The van der Waals surface area contributed by atoms with Gasteiger partial charge in [-0.15, -0.1) is 0 Å². The summed E-state index contributed by atoms with van der Waals surface area (Å²) in [5.74, 6) is 0. The van der Waals surface area contributed by atoms with Gasteiger partial charge in [-0.25, -0.2) is 0 Å². The molecule has 0 saturated heterocycles. The van der Waals surface area contributed by atoms with Gasteiger partial charge in [0.25, 0.3) is 0 Å². The SMILES string of the molecule is CCCCCN1C=COC1. The Morgan fingerprint density at radius 2 is 2.40 bits per heavy atom. The van der Waals surface area contributed by atoms with Gasteiger partial charge in [-0.05, 0) is 6.42 Å². The molecule has 0 aromatic carbocycles. The molecule has 0 spiro atoms. The second-order valence-corrected chi connectivity index (χ2v) is 2.60. The van der Waals surface area contributed by atoms with Gasteiger partial charge in [0.05, 0.1) is 0 Å². The summed E-state index contributed by atoms with van der Waals surface area (Å²) in [6, 6.07) is 0. The van der Waals surface area contributed by atoms with E-state index in [4.69, 9.17) is 4.74 Å². The fourth-order valence-electron chi connectivity index (χ4n) is 1.01. The Hall–Kier alpha value is -0.660. The molecule has 0 unspecified atom stereocenters. The lowest BCUT2D eigenvalue weighted by Crippen LogP contribution is -2.16. The topological polar surface area (TPSA) is 12.5 Å². The van der Waals surface area contributed by atoms with Gasteiger partial charge in [-0.3, -0.25) is 0 Å². The van der Waals surface area contributed by atoms with Gasteiger partial charge >= 0.3 is 0 Å². The van der Waals surface area contributed by atoms with Gasteiger partial charge in [-0.2, -0.15) is 0 Å². The molecular weight excluding hydrogens is 126 g/mol. The molecule has 58 valence electrons. The van der Waals surface area contributed by atoms with Crippen LogP contribution in [0.5, 0.6) is 0 Å². The van der Waals surface area contributed by atoms with Crippen LogP contribution in [-0.4, -0.2) is 18.2 Å². The van der Waals surface area contributed by atoms with Crippen molar-refractivity contribution in [2.24, 2.45) is 0 Å². The Balaban J connectivity index is 1.97. The molecule has 0 bridgehead atoms. The van der Waals surface area contributed by atoms with Crippen LogP contribution in [0.1, 0.15) is 26.2 Å². The molecule has 1 heterocycles. The summed E-state index contributed by atoms with van der Waals surface area (Å²) >= 11 is 0. The first-order valence-corrected chi connectivity index (χ1v) is 3.96. The van der Waals surface area contributed by atoms with Crippen LogP contribution >= 0.6 is 0 Å². The molecule has 1 aliphatic rings. The summed E-state index contributed by atoms with van der Waals surface area (Å²) in [5.41, 5.74) is 0. The zero-order valence-corrected chi connectivity index (χ0v) is 6.55. The van der Waals surface area contributed by atoms with E-state index in [0.717, 1.165) is 13.3 Å². The average Bonchev–Trinajstić information content (AvgIpc) is 2.41. The minimum atomic E-state index is 0.754. The van der Waals surface area contributed by atoms with E-state index in [2.05, 4.69) is 11.8 Å². The normalized spacial score (nSPS) is 15.9. The molecular formula is C8H15NO. The second-order valence-electron chi connectivity index (χ2n) is 2.60. The summed E-state index contributed by atoms with van der Waals surface area (Å²) < 4.78 is 5.03. The van der Waals surface area contributed by atoms with Gasteiger partial charge in [-0.1, -0.05) is 19.8 Å². The maximum Gasteiger partial charge on any atom is 0.160 e. The Bertz CT molecular complexity index is 112. The molecule has 2 heteroatoms. The van der Waals surface area contributed by atoms with E-state index in [0.29, 0.717) is 0 Å². The molecule has 0 N–H and O–H groups in total. The number of ether oxygens (including phenoxy) is 1. The van der Waals surface area contributed by atoms with Crippen molar-refractivity contribution in [3.8, 4) is 0 Å². The third-order valence-electron chi connectivity index (χ3n) is 1.66. The first-order valence-electron chi connectivity index (χ1n) is 3.96. The molecule has 1 rings (SSSR count). The molecule has 0 saturated carbocycles. The first-order chi connectivity index (χ1) is 4.93. The highest BCUT2D eigenvalue weighted by atomic mass is 16.5. The Kier molecular flexibility index (Phi) is 3.13. The largest absolute Gasteiger partial charge is 0.479 e. The van der Waals surface area contributed by atoms with Crippen molar-refractivity contribution in [1.82, 2.24) is 4.90 Å². The molecule has 0 radical (unpaired) electrons. The van der Waals surface area contributed by atoms with Crippen LogP contribution in [0.15, 0.2) is 12.5 Å². The lowest BCUT2D eigenvalue weighted by atomic mass is 10.2. The quantitative estimate of drug-likeness (QED) is 0.555. The number of hydrogen-bond acceptors (Lipinski definition) is 2. The molecule has 1 aliphatic heterocycles. The van der Waals surface area contributed by atoms with E-state index in [1.54, 1.807) is 6.26 Å². The maximum atomic E-state index is 5.03. The van der Waals surface area contributed by atoms with Gasteiger partial charge < -0.3 is 9.64 Å². The molecule has 0 fully saturated rings. The van der Waals surface area contributed by atoms with Crippen LogP contribution in [0.25, 0.3) is 0 Å². The lowest BCUT2D eigenvalue weighted by Gasteiger charge is -2.12. The summed E-state index contributed by atoms with van der Waals surface area (Å²) in [6.45, 7) is 4.12. The van der Waals surface area contributed by atoms with Crippen LogP contribution in [0.4, 0.5) is 0 Å². The Labute approximate surface area is 62.5 Å². The fourth-order valence-corrected chi connectivity index (χ4v) is 1.01. The van der Waals surface area contributed by atoms with Crippen molar-refractivity contribution in [3.05, 3.63) is 12.5 Å². The van der Waals surface area contributed by atoms with Crippen molar-refractivity contribution in [1.29, 1.82) is 0 Å². The first kappa shape index (κ1) is 7.45. The third kappa shape index (κ3) is 2.29. The van der Waals surface area contributed by atoms with Gasteiger partial charge in [0.2, 0.25) is 0 Å². The van der Waals surface area contributed by atoms with E-state index < -0.39 is 0 Å². The molecule has 0 aromatic rings. The third-order valence-corrected chi connectivity index (χ3v) is 1.66. The van der Waals surface area contributed by atoms with E-state index >= 15 is 0 Å². The smallest absolute Gasteiger partial charge is 0.160 e. The minimum Gasteiger partial charge on any atom is -0.479 e. The summed E-state index contributed by atoms with van der Waals surface area (Å²) in [7, 11) is 0. The lowest BCUT2D eigenvalue weighted by molar-refractivity contribution is 0.169. The van der Waals surface area contributed by atoms with Crippen LogP contribution in [0, 0.1) is 0 Å². The zero-order valence-electron chi connectivity index (χ0n) is 6.55. The molecule has 2 nitrogen and oxygen atoms in total. The van der Waals surface area contributed by atoms with Crippen LogP contribution < -0.4 is 0 Å². The predicted molar refractivity (Wildman–Crippen MR) is 41.3 cm³/mol. The average molecular weight is 141 g/mol. The standard InChI is InChI=1S/C8H15NO/c1-2-3-4-5-9-6-7-10-8-9/h6-7H,2-5,8H2,1H3. The summed E-state index contributed by atoms with van der Waals surface area (Å²) in [5, 5.41) is 0. The summed E-state index contributed by atoms with van der Waals surface area (Å²) in [6.07, 6.45) is 7.66. The predicted octanol–water partition coefficient (Wildman–Crippen LogP) is 1.94. The van der Waals surface area contributed by atoms with Gasteiger partial charge in [0.1, 0.15) is 6.26 Å². The molecule has 10 heavy (non-hydrogen) atoms. The highest BCUT2D eigenvalue weighted by Gasteiger charge is 2.02. The number of hydrogen-bond donors (Lipinski definition) is 0. The minimum absolute atomic E-state index is 0.754. The summed E-state index contributed by atoms with van der Waals surface area (Å²) in [4.78, 5) is 2.19. The van der Waals surface area contributed by atoms with E-state index in [1.165, 1.54) is 19.3 Å². The van der Waals surface area contributed by atoms with Crippen molar-refractivity contribution < 1.29 is 4.74 Å². The molecule has 0 atom stereocenters. The van der Waals surface area contributed by atoms with Crippen molar-refractivity contribution >= 4 is 0 Å². The Morgan fingerprint density at radius 3 is 3.00 bits per heavy atom.